The predicted octanol–water partition coefficient (Wildman–Crippen LogP) is 1.97. The molecule has 1 aromatic heterocycles. The minimum Gasteiger partial charge on any atom is -0.207 e. The Labute approximate surface area is 64.8 Å². The number of nitrogens with zero attached hydrogens (tertiary/aromatic N) is 2. The zero-order valence-electron chi connectivity index (χ0n) is 5.21. The molecule has 0 aliphatic heterocycles. The van der Waals surface area contributed by atoms with Gasteiger partial charge in [0, 0.05) is 12.1 Å². The molecule has 0 spiro atoms. The summed E-state index contributed by atoms with van der Waals surface area (Å²) in [5.41, 5.74) is 0.406. The third kappa shape index (κ3) is 0.970. The average molecular weight is 172 g/mol. The van der Waals surface area contributed by atoms with Crippen LogP contribution in [0.15, 0.2) is 12.1 Å². The zero-order valence-corrected chi connectivity index (χ0v) is 6.03. The molecule has 0 saturated heterocycles. The smallest absolute Gasteiger partial charge is 0.155 e. The van der Waals surface area contributed by atoms with Crippen molar-refractivity contribution in [2.75, 3.05) is 0 Å². The first-order valence-electron chi connectivity index (χ1n) is 2.85. The highest BCUT2D eigenvalue weighted by Gasteiger charge is 2.06. The molecule has 0 aliphatic rings. The molecule has 1 heterocycles. The van der Waals surface area contributed by atoms with E-state index in [1.807, 2.05) is 0 Å². The highest BCUT2D eigenvalue weighted by Crippen LogP contribution is 2.16. The number of aromatic nitrogens is 2. The molecule has 0 saturated carbocycles. The molecule has 2 nitrogen and oxygen atoms in total. The quantitative estimate of drug-likeness (QED) is 0.607. The van der Waals surface area contributed by atoms with Gasteiger partial charge in [0.1, 0.15) is 16.9 Å². The van der Waals surface area contributed by atoms with Crippen molar-refractivity contribution < 1.29 is 8.78 Å². The van der Waals surface area contributed by atoms with Gasteiger partial charge in [-0.25, -0.2) is 8.78 Å². The summed E-state index contributed by atoms with van der Waals surface area (Å²) in [7, 11) is 0. The normalized spacial score (nSPS) is 10.7. The highest BCUT2D eigenvalue weighted by molar-refractivity contribution is 7.00. The lowest BCUT2D eigenvalue weighted by Crippen LogP contribution is -1.81. The Bertz CT molecular complexity index is 398. The van der Waals surface area contributed by atoms with E-state index in [1.165, 1.54) is 0 Å². The van der Waals surface area contributed by atoms with Gasteiger partial charge in [0.25, 0.3) is 0 Å². The van der Waals surface area contributed by atoms with E-state index in [9.17, 15) is 8.78 Å². The van der Waals surface area contributed by atoms with Crippen molar-refractivity contribution >= 4 is 22.8 Å². The van der Waals surface area contributed by atoms with Crippen molar-refractivity contribution in [3.63, 3.8) is 0 Å². The fourth-order valence-electron chi connectivity index (χ4n) is 0.818. The average Bonchev–Trinajstić information content (AvgIpc) is 2.34. The maximum absolute atomic E-state index is 12.7. The summed E-state index contributed by atoms with van der Waals surface area (Å²) in [5, 5.41) is 0. The Morgan fingerprint density at radius 1 is 1.18 bits per heavy atom. The molecule has 11 heavy (non-hydrogen) atoms. The van der Waals surface area contributed by atoms with Gasteiger partial charge in [0.2, 0.25) is 0 Å². The van der Waals surface area contributed by atoms with Crippen LogP contribution in [0.1, 0.15) is 0 Å². The van der Waals surface area contributed by atoms with Gasteiger partial charge in [-0.05, 0) is 0 Å². The molecule has 0 aliphatic carbocycles. The molecule has 2 aromatic rings. The number of fused-ring (bicyclic) bond motifs is 1. The van der Waals surface area contributed by atoms with Gasteiger partial charge in [0.05, 0.1) is 11.7 Å². The summed E-state index contributed by atoms with van der Waals surface area (Å²) in [5.74, 6) is -1.28. The Hall–Kier alpha value is -1.10. The monoisotopic (exact) mass is 172 g/mol. The summed E-state index contributed by atoms with van der Waals surface area (Å²) < 4.78 is 32.6. The van der Waals surface area contributed by atoms with E-state index in [0.717, 1.165) is 23.9 Å². The lowest BCUT2D eigenvalue weighted by Gasteiger charge is -1.88. The van der Waals surface area contributed by atoms with Crippen LogP contribution in [0.3, 0.4) is 0 Å². The van der Waals surface area contributed by atoms with Gasteiger partial charge >= 0.3 is 0 Å². The predicted molar refractivity (Wildman–Crippen MR) is 37.3 cm³/mol. The second-order valence-electron chi connectivity index (χ2n) is 2.02. The minimum absolute atomic E-state index is 0.136. The van der Waals surface area contributed by atoms with E-state index < -0.39 is 11.6 Å². The van der Waals surface area contributed by atoms with Crippen LogP contribution in [0.4, 0.5) is 8.78 Å². The molecule has 0 N–H and O–H groups in total. The van der Waals surface area contributed by atoms with Crippen LogP contribution >= 0.6 is 11.7 Å². The number of benzene rings is 1. The van der Waals surface area contributed by atoms with Crippen LogP contribution in [0.25, 0.3) is 11.0 Å². The van der Waals surface area contributed by atoms with E-state index in [2.05, 4.69) is 8.75 Å². The van der Waals surface area contributed by atoms with Crippen LogP contribution < -0.4 is 0 Å². The first-order chi connectivity index (χ1) is 5.27. The first-order valence-corrected chi connectivity index (χ1v) is 3.58. The Balaban J connectivity index is 2.91. The summed E-state index contributed by atoms with van der Waals surface area (Å²) in [6, 6.07) is 1.95. The maximum atomic E-state index is 12.7. The van der Waals surface area contributed by atoms with Gasteiger partial charge in [-0.15, -0.1) is 0 Å². The Kier molecular flexibility index (Phi) is 1.32. The summed E-state index contributed by atoms with van der Waals surface area (Å²) in [6.45, 7) is 0. The molecule has 2 rings (SSSR count). The SMILES string of the molecule is Fc1cc(F)c2nsnc2c1. The number of hydrogen-bond donors (Lipinski definition) is 0. The van der Waals surface area contributed by atoms with Crippen LogP contribution in [-0.4, -0.2) is 8.75 Å². The van der Waals surface area contributed by atoms with E-state index in [1.54, 1.807) is 0 Å². The fourth-order valence-corrected chi connectivity index (χ4v) is 1.35. The van der Waals surface area contributed by atoms with Crippen molar-refractivity contribution in [1.82, 2.24) is 8.75 Å². The van der Waals surface area contributed by atoms with Gasteiger partial charge in [-0.1, -0.05) is 0 Å². The molecule has 0 fully saturated rings. The topological polar surface area (TPSA) is 25.8 Å². The van der Waals surface area contributed by atoms with Crippen LogP contribution in [0.5, 0.6) is 0 Å². The largest absolute Gasteiger partial charge is 0.207 e. The fraction of sp³-hybridized carbons (Fsp3) is 0. The number of halogens is 2. The number of hydrogen-bond acceptors (Lipinski definition) is 3. The van der Waals surface area contributed by atoms with Crippen molar-refractivity contribution in [3.05, 3.63) is 23.8 Å². The molecular weight excluding hydrogens is 170 g/mol. The molecule has 5 heteroatoms. The van der Waals surface area contributed by atoms with Crippen LogP contribution in [0, 0.1) is 11.6 Å². The Morgan fingerprint density at radius 3 is 2.82 bits per heavy atom. The number of rotatable bonds is 0. The van der Waals surface area contributed by atoms with Crippen molar-refractivity contribution in [1.29, 1.82) is 0 Å². The zero-order chi connectivity index (χ0) is 7.84. The van der Waals surface area contributed by atoms with Crippen molar-refractivity contribution in [3.8, 4) is 0 Å². The van der Waals surface area contributed by atoms with Gasteiger partial charge < -0.3 is 0 Å². The molecule has 0 atom stereocenters. The Morgan fingerprint density at radius 2 is 2.00 bits per heavy atom. The molecule has 0 bridgehead atoms. The first kappa shape index (κ1) is 6.60. The molecule has 0 unspecified atom stereocenters. The van der Waals surface area contributed by atoms with Crippen molar-refractivity contribution in [2.24, 2.45) is 0 Å². The van der Waals surface area contributed by atoms with Gasteiger partial charge in [-0.3, -0.25) is 0 Å². The van der Waals surface area contributed by atoms with E-state index in [-0.39, 0.29) is 11.0 Å². The standard InChI is InChI=1S/C6H2F2N2S/c7-3-1-4(8)6-5(2-3)9-11-10-6/h1-2H. The molecule has 1 aromatic carbocycles. The third-order valence-corrected chi connectivity index (χ3v) is 1.82. The van der Waals surface area contributed by atoms with Crippen LogP contribution in [0.2, 0.25) is 0 Å². The minimum atomic E-state index is -0.659. The lowest BCUT2D eigenvalue weighted by molar-refractivity contribution is 0.591. The van der Waals surface area contributed by atoms with Gasteiger partial charge in [-0.2, -0.15) is 8.75 Å². The van der Waals surface area contributed by atoms with E-state index in [0.29, 0.717) is 0 Å². The van der Waals surface area contributed by atoms with E-state index >= 15 is 0 Å². The lowest BCUT2D eigenvalue weighted by atomic mass is 10.3. The van der Waals surface area contributed by atoms with Gasteiger partial charge in [0.15, 0.2) is 5.82 Å². The third-order valence-electron chi connectivity index (χ3n) is 1.28. The van der Waals surface area contributed by atoms with E-state index in [4.69, 9.17) is 0 Å². The highest BCUT2D eigenvalue weighted by atomic mass is 32.1. The second kappa shape index (κ2) is 2.20. The summed E-state index contributed by atoms with van der Waals surface area (Å²) in [4.78, 5) is 0. The second-order valence-corrected chi connectivity index (χ2v) is 2.55. The molecule has 0 amide bonds. The summed E-state index contributed by atoms with van der Waals surface area (Å²) >= 11 is 0.869. The summed E-state index contributed by atoms with van der Waals surface area (Å²) in [6.07, 6.45) is 0. The molecule has 56 valence electrons. The molecule has 0 radical (unpaired) electrons. The maximum Gasteiger partial charge on any atom is 0.155 e. The van der Waals surface area contributed by atoms with Crippen LogP contribution in [-0.2, 0) is 0 Å². The molecular formula is C6H2F2N2S. The van der Waals surface area contributed by atoms with Crippen molar-refractivity contribution in [2.45, 2.75) is 0 Å².